The third-order valence-electron chi connectivity index (χ3n) is 4.97. The van der Waals surface area contributed by atoms with E-state index in [1.54, 1.807) is 23.9 Å². The van der Waals surface area contributed by atoms with Gasteiger partial charge >= 0.3 is 0 Å². The van der Waals surface area contributed by atoms with Crippen molar-refractivity contribution in [3.63, 3.8) is 0 Å². The van der Waals surface area contributed by atoms with E-state index in [1.165, 1.54) is 0 Å². The molecule has 4 nitrogen and oxygen atoms in total. The lowest BCUT2D eigenvalue weighted by molar-refractivity contribution is 0.0384. The Morgan fingerprint density at radius 1 is 1.03 bits per heavy atom. The molecule has 0 saturated heterocycles. The fourth-order valence-electron chi connectivity index (χ4n) is 3.18. The summed E-state index contributed by atoms with van der Waals surface area (Å²) in [5, 5.41) is 20.4. The number of hydrogen-bond donors (Lipinski definition) is 3. The van der Waals surface area contributed by atoms with Crippen LogP contribution in [0.3, 0.4) is 0 Å². The maximum Gasteiger partial charge on any atom is 0.120 e. The molecule has 0 aliphatic heterocycles. The molecule has 2 unspecified atom stereocenters. The summed E-state index contributed by atoms with van der Waals surface area (Å²) >= 11 is 8.02. The molecule has 0 radical (unpaired) electrons. The fourth-order valence-corrected chi connectivity index (χ4v) is 4.50. The minimum Gasteiger partial charge on any atom is -0.489 e. The number of ether oxygens (including phenoxy) is 1. The summed E-state index contributed by atoms with van der Waals surface area (Å²) in [5.74, 6) is 0.791. The molecule has 3 aromatic rings. The van der Waals surface area contributed by atoms with Crippen LogP contribution in [0.25, 0.3) is 0 Å². The van der Waals surface area contributed by atoms with Crippen LogP contribution in [-0.4, -0.2) is 22.9 Å². The van der Waals surface area contributed by atoms with Crippen LogP contribution in [0.1, 0.15) is 24.5 Å². The molecule has 0 bridgehead atoms. The second-order valence-electron chi connectivity index (χ2n) is 7.12. The molecule has 3 rings (SSSR count). The van der Waals surface area contributed by atoms with E-state index >= 15 is 0 Å². The fraction of sp³-hybridized carbons (Fsp3) is 0.250. The molecule has 0 aromatic heterocycles. The predicted molar refractivity (Wildman–Crippen MR) is 129 cm³/mol. The zero-order chi connectivity index (χ0) is 21.6. The predicted octanol–water partition coefficient (Wildman–Crippen LogP) is 5.41. The first-order valence-corrected chi connectivity index (χ1v) is 11.0. The van der Waals surface area contributed by atoms with Crippen molar-refractivity contribution in [3.8, 4) is 5.75 Å². The van der Waals surface area contributed by atoms with Gasteiger partial charge in [0.25, 0.3) is 0 Å². The Bertz CT molecular complexity index is 974. The lowest BCUT2D eigenvalue weighted by Gasteiger charge is -2.33. The molecule has 0 aliphatic rings. The van der Waals surface area contributed by atoms with Gasteiger partial charge in [-0.25, -0.2) is 0 Å². The molecule has 0 fully saturated rings. The smallest absolute Gasteiger partial charge is 0.120 e. The Morgan fingerprint density at radius 2 is 1.74 bits per heavy atom. The van der Waals surface area contributed by atoms with E-state index in [1.807, 2.05) is 67.6 Å². The maximum absolute atomic E-state index is 10.3. The summed E-state index contributed by atoms with van der Waals surface area (Å²) < 4.78 is 5.90. The number of aliphatic hydroxyl groups is 2. The average Bonchev–Trinajstić information content (AvgIpc) is 2.77. The number of hydrogen-bond acceptors (Lipinski definition) is 5. The molecule has 0 aliphatic carbocycles. The molecule has 166 valence electrons. The summed E-state index contributed by atoms with van der Waals surface area (Å²) in [6.07, 6.45) is -0.475. The lowest BCUT2D eigenvalue weighted by atomic mass is 9.85. The van der Waals surface area contributed by atoms with Crippen LogP contribution in [0.4, 0.5) is 0 Å². The summed E-state index contributed by atoms with van der Waals surface area (Å²) in [5.41, 5.74) is 6.62. The summed E-state index contributed by atoms with van der Waals surface area (Å²) in [6.45, 7) is 1.93. The Kier molecular flexibility index (Phi) is 9.69. The molecule has 3 aromatic carbocycles. The number of rotatable bonds is 9. The van der Waals surface area contributed by atoms with E-state index in [-0.39, 0.29) is 12.4 Å². The molecule has 31 heavy (non-hydrogen) atoms. The lowest BCUT2D eigenvalue weighted by Crippen LogP contribution is -2.51. The van der Waals surface area contributed by atoms with Gasteiger partial charge in [0.2, 0.25) is 0 Å². The standard InChI is InChI=1S/C24H26ClNO3S.ClH/c1-2-23(28)24(26,16-27)21-12-11-20(14-22(21)25)30-19-10-6-9-18(13-19)29-15-17-7-4-3-5-8-17;/h3-14,23,27-28H,2,15-16,26H2,1H3;1H. The third kappa shape index (κ3) is 6.39. The van der Waals surface area contributed by atoms with E-state index in [0.717, 1.165) is 21.1 Å². The van der Waals surface area contributed by atoms with Crippen molar-refractivity contribution in [2.75, 3.05) is 6.61 Å². The van der Waals surface area contributed by atoms with Crippen LogP contribution in [0.2, 0.25) is 5.02 Å². The molecule has 0 saturated carbocycles. The highest BCUT2D eigenvalue weighted by molar-refractivity contribution is 7.99. The van der Waals surface area contributed by atoms with Crippen LogP contribution >= 0.6 is 35.8 Å². The average molecular weight is 480 g/mol. The van der Waals surface area contributed by atoms with Crippen LogP contribution < -0.4 is 10.5 Å². The molecule has 4 N–H and O–H groups in total. The summed E-state index contributed by atoms with van der Waals surface area (Å²) in [4.78, 5) is 1.94. The molecule has 2 atom stereocenters. The SMILES string of the molecule is CCC(O)C(N)(CO)c1ccc(Sc2cccc(OCc3ccccc3)c2)cc1Cl.Cl. The van der Waals surface area contributed by atoms with Gasteiger partial charge in [0.15, 0.2) is 0 Å². The van der Waals surface area contributed by atoms with Gasteiger partial charge in [0.1, 0.15) is 12.4 Å². The number of aliphatic hydroxyl groups excluding tert-OH is 2. The van der Waals surface area contributed by atoms with Gasteiger partial charge in [-0.05, 0) is 47.9 Å². The Labute approximate surface area is 198 Å². The van der Waals surface area contributed by atoms with E-state index in [0.29, 0.717) is 23.6 Å². The Balaban J connectivity index is 0.00000341. The van der Waals surface area contributed by atoms with Gasteiger partial charge in [0.05, 0.1) is 18.2 Å². The minimum absolute atomic E-state index is 0. The highest BCUT2D eigenvalue weighted by atomic mass is 35.5. The quantitative estimate of drug-likeness (QED) is 0.382. The van der Waals surface area contributed by atoms with Crippen molar-refractivity contribution in [3.05, 3.63) is 88.9 Å². The number of halogens is 2. The third-order valence-corrected chi connectivity index (χ3v) is 6.27. The molecular formula is C24H27Cl2NO3S. The highest BCUT2D eigenvalue weighted by Crippen LogP contribution is 2.36. The highest BCUT2D eigenvalue weighted by Gasteiger charge is 2.35. The monoisotopic (exact) mass is 479 g/mol. The van der Waals surface area contributed by atoms with Crippen LogP contribution in [0.15, 0.2) is 82.6 Å². The van der Waals surface area contributed by atoms with Crippen LogP contribution in [0, 0.1) is 0 Å². The Morgan fingerprint density at radius 3 is 2.39 bits per heavy atom. The van der Waals surface area contributed by atoms with Crippen LogP contribution in [0.5, 0.6) is 5.75 Å². The number of benzene rings is 3. The normalized spacial score (nSPS) is 13.7. The van der Waals surface area contributed by atoms with Crippen molar-refractivity contribution < 1.29 is 14.9 Å². The summed E-state index contributed by atoms with van der Waals surface area (Å²) in [6, 6.07) is 23.4. The topological polar surface area (TPSA) is 75.7 Å². The molecular weight excluding hydrogens is 453 g/mol. The van der Waals surface area contributed by atoms with E-state index < -0.39 is 18.2 Å². The van der Waals surface area contributed by atoms with Crippen LogP contribution in [-0.2, 0) is 12.1 Å². The van der Waals surface area contributed by atoms with Gasteiger partial charge in [0, 0.05) is 14.8 Å². The first-order chi connectivity index (χ1) is 14.5. The van der Waals surface area contributed by atoms with Gasteiger partial charge in [-0.2, -0.15) is 0 Å². The van der Waals surface area contributed by atoms with E-state index in [2.05, 4.69) is 0 Å². The zero-order valence-electron chi connectivity index (χ0n) is 17.2. The largest absolute Gasteiger partial charge is 0.489 e. The van der Waals surface area contributed by atoms with Crippen molar-refractivity contribution in [2.45, 2.75) is 41.4 Å². The minimum atomic E-state index is -1.29. The van der Waals surface area contributed by atoms with Gasteiger partial charge in [-0.3, -0.25) is 0 Å². The first-order valence-electron chi connectivity index (χ1n) is 9.78. The Hall–Kier alpha value is -1.73. The molecule has 0 spiro atoms. The van der Waals surface area contributed by atoms with E-state index in [4.69, 9.17) is 22.1 Å². The van der Waals surface area contributed by atoms with Crippen molar-refractivity contribution in [2.24, 2.45) is 5.73 Å². The molecule has 7 heteroatoms. The number of nitrogens with two attached hydrogens (primary N) is 1. The maximum atomic E-state index is 10.3. The molecule has 0 amide bonds. The van der Waals surface area contributed by atoms with Crippen molar-refractivity contribution in [1.82, 2.24) is 0 Å². The van der Waals surface area contributed by atoms with Crippen molar-refractivity contribution >= 4 is 35.8 Å². The molecule has 0 heterocycles. The van der Waals surface area contributed by atoms with E-state index in [9.17, 15) is 10.2 Å². The van der Waals surface area contributed by atoms with Crippen molar-refractivity contribution in [1.29, 1.82) is 0 Å². The van der Waals surface area contributed by atoms with Gasteiger partial charge < -0.3 is 20.7 Å². The van der Waals surface area contributed by atoms with Gasteiger partial charge in [-0.1, -0.05) is 72.8 Å². The first kappa shape index (κ1) is 25.5. The second-order valence-corrected chi connectivity index (χ2v) is 8.67. The zero-order valence-corrected chi connectivity index (χ0v) is 19.6. The van der Waals surface area contributed by atoms with Gasteiger partial charge in [-0.15, -0.1) is 12.4 Å². The summed E-state index contributed by atoms with van der Waals surface area (Å²) in [7, 11) is 0. The second kappa shape index (κ2) is 11.8.